The van der Waals surface area contributed by atoms with Gasteiger partial charge in [-0.25, -0.2) is 4.42 Å². The number of esters is 2. The van der Waals surface area contributed by atoms with Gasteiger partial charge < -0.3 is 69.3 Å². The molecule has 0 bridgehead atoms. The minimum absolute atomic E-state index is 0.0208. The molecule has 2 saturated heterocycles. The van der Waals surface area contributed by atoms with E-state index in [2.05, 4.69) is 4.74 Å². The minimum Gasteiger partial charge on any atom is -0.508 e. The molecule has 254 valence electrons. The summed E-state index contributed by atoms with van der Waals surface area (Å²) in [6, 6.07) is 9.21. The van der Waals surface area contributed by atoms with Crippen LogP contribution in [-0.2, 0) is 33.3 Å². The molecule has 2 aliphatic heterocycles. The molecular formula is C30H33O17+. The number of carbonyl (C=O) groups is 2. The van der Waals surface area contributed by atoms with Crippen LogP contribution in [0.3, 0.4) is 0 Å². The Bertz CT molecular complexity index is 1580. The van der Waals surface area contributed by atoms with E-state index in [1.165, 1.54) is 36.4 Å². The number of hydrogen-bond donors (Lipinski definition) is 8. The van der Waals surface area contributed by atoms with Crippen LogP contribution in [0.15, 0.2) is 46.9 Å². The molecule has 0 saturated carbocycles. The highest BCUT2D eigenvalue weighted by molar-refractivity contribution is 5.91. The number of methoxy groups -OCH3 is 1. The zero-order chi connectivity index (χ0) is 34.0. The van der Waals surface area contributed by atoms with Crippen LogP contribution in [0.25, 0.3) is 22.3 Å². The summed E-state index contributed by atoms with van der Waals surface area (Å²) in [5.41, 5.74) is 0.347. The normalized spacial score (nSPS) is 29.3. The van der Waals surface area contributed by atoms with E-state index in [-0.39, 0.29) is 34.0 Å². The van der Waals surface area contributed by atoms with Crippen LogP contribution in [0.4, 0.5) is 0 Å². The average Bonchev–Trinajstić information content (AvgIpc) is 3.04. The first-order chi connectivity index (χ1) is 22.4. The second-order valence-electron chi connectivity index (χ2n) is 10.8. The smallest absolute Gasteiger partial charge is 0.402 e. The number of carbonyl (C=O) groups excluding carboxylic acids is 2. The number of hydrogen-bond acceptors (Lipinski definition) is 16. The molecule has 9 atom stereocenters. The van der Waals surface area contributed by atoms with Gasteiger partial charge in [0, 0.05) is 12.1 Å². The molecule has 2 aliphatic rings. The molecule has 2 fully saturated rings. The van der Waals surface area contributed by atoms with Crippen LogP contribution in [0.5, 0.6) is 23.0 Å². The van der Waals surface area contributed by atoms with Crippen molar-refractivity contribution < 1.29 is 83.3 Å². The Kier molecular flexibility index (Phi) is 10.3. The molecule has 17 heteroatoms. The Morgan fingerprint density at radius 2 is 1.60 bits per heavy atom. The fraction of sp³-hybridized carbons (Fsp3) is 0.433. The van der Waals surface area contributed by atoms with Crippen molar-refractivity contribution in [1.29, 1.82) is 0 Å². The van der Waals surface area contributed by atoms with E-state index in [0.29, 0.717) is 5.56 Å². The van der Waals surface area contributed by atoms with Crippen molar-refractivity contribution in [3.8, 4) is 34.3 Å². The summed E-state index contributed by atoms with van der Waals surface area (Å²) in [6.07, 6.45) is -16.0. The molecule has 0 amide bonds. The topological polar surface area (TPSA) is 263 Å². The summed E-state index contributed by atoms with van der Waals surface area (Å²) in [5, 5.41) is 83.0. The predicted octanol–water partition coefficient (Wildman–Crippen LogP) is -0.746. The molecule has 3 heterocycles. The highest BCUT2D eigenvalue weighted by atomic mass is 16.8. The van der Waals surface area contributed by atoms with Gasteiger partial charge in [-0.05, 0) is 24.3 Å². The molecule has 0 radical (unpaired) electrons. The molecule has 0 aliphatic carbocycles. The van der Waals surface area contributed by atoms with E-state index in [4.69, 9.17) is 28.1 Å². The van der Waals surface area contributed by atoms with Crippen molar-refractivity contribution in [2.45, 2.75) is 61.7 Å². The van der Waals surface area contributed by atoms with Crippen LogP contribution in [-0.4, -0.2) is 128 Å². The summed E-state index contributed by atoms with van der Waals surface area (Å²) in [7, 11) is 1.07. The Balaban J connectivity index is 1.51. The lowest BCUT2D eigenvalue weighted by atomic mass is 9.98. The Morgan fingerprint density at radius 3 is 2.30 bits per heavy atom. The second kappa shape index (κ2) is 14.2. The predicted molar refractivity (Wildman–Crippen MR) is 153 cm³/mol. The maximum absolute atomic E-state index is 12.1. The standard InChI is InChI=1S/C30H32O17/c1-41-21(35)9-22(36)42-11-20-24(38)25(39)28(47-29-26(40)23(37)17(34)10-43-29)30(46-20)45-19-8-15-16(33)6-14(32)7-18(15)44-27(19)12-2-4-13(31)5-3-12/h2-8,17,20,23-26,28-30,34,37-40H,9-11H2,1H3,(H2-,31,32,33)/p+1/t17-,20?,23+,24+,25+,26?,28?,29+,30-/m1/s1. The lowest BCUT2D eigenvalue weighted by Gasteiger charge is -2.44. The van der Waals surface area contributed by atoms with E-state index in [1.807, 2.05) is 0 Å². The van der Waals surface area contributed by atoms with Crippen LogP contribution in [0.2, 0.25) is 0 Å². The van der Waals surface area contributed by atoms with Gasteiger partial charge in [-0.2, -0.15) is 0 Å². The number of phenolic OH excluding ortho intramolecular Hbond substituents is 3. The highest BCUT2D eigenvalue weighted by Gasteiger charge is 2.51. The Labute approximate surface area is 265 Å². The number of aliphatic hydroxyl groups is 5. The fourth-order valence-corrected chi connectivity index (χ4v) is 4.96. The van der Waals surface area contributed by atoms with Crippen LogP contribution >= 0.6 is 0 Å². The van der Waals surface area contributed by atoms with E-state index < -0.39 is 92.6 Å². The SMILES string of the molecule is COC(=O)CC(=O)OCC1O[C@@H](Oc2cc3c(O)cc(O)cc3[o+]c2-c2ccc(O)cc2)C(O[C@@H]2OC[C@@H](O)[C@H](O)C2O)[C@@H](O)[C@H]1O. The number of benzene rings is 2. The lowest BCUT2D eigenvalue weighted by Crippen LogP contribution is -2.64. The fourth-order valence-electron chi connectivity index (χ4n) is 4.96. The molecule has 47 heavy (non-hydrogen) atoms. The van der Waals surface area contributed by atoms with Crippen molar-refractivity contribution >= 4 is 22.9 Å². The number of rotatable bonds is 9. The third kappa shape index (κ3) is 7.47. The minimum atomic E-state index is -1.89. The van der Waals surface area contributed by atoms with Crippen molar-refractivity contribution in [3.63, 3.8) is 0 Å². The first-order valence-electron chi connectivity index (χ1n) is 14.2. The van der Waals surface area contributed by atoms with Gasteiger partial charge in [-0.3, -0.25) is 9.59 Å². The number of fused-ring (bicyclic) bond motifs is 1. The first kappa shape index (κ1) is 34.0. The van der Waals surface area contributed by atoms with Crippen LogP contribution in [0.1, 0.15) is 6.42 Å². The van der Waals surface area contributed by atoms with Gasteiger partial charge in [0.1, 0.15) is 72.3 Å². The average molecular weight is 666 g/mol. The van der Waals surface area contributed by atoms with Crippen molar-refractivity contribution in [2.75, 3.05) is 20.3 Å². The number of phenols is 3. The van der Waals surface area contributed by atoms with Crippen molar-refractivity contribution in [1.82, 2.24) is 0 Å². The van der Waals surface area contributed by atoms with Gasteiger partial charge in [0.25, 0.3) is 0 Å². The van der Waals surface area contributed by atoms with Gasteiger partial charge in [-0.15, -0.1) is 0 Å². The molecule has 17 nitrogen and oxygen atoms in total. The molecule has 1 aromatic heterocycles. The highest BCUT2D eigenvalue weighted by Crippen LogP contribution is 2.41. The zero-order valence-electron chi connectivity index (χ0n) is 24.6. The van der Waals surface area contributed by atoms with Gasteiger partial charge in [0.2, 0.25) is 12.0 Å². The molecule has 0 spiro atoms. The number of aliphatic hydroxyl groups excluding tert-OH is 5. The van der Waals surface area contributed by atoms with Gasteiger partial charge in [-0.1, -0.05) is 0 Å². The molecular weight excluding hydrogens is 632 g/mol. The number of ether oxygens (including phenoxy) is 6. The molecule has 5 rings (SSSR count). The maximum atomic E-state index is 12.1. The zero-order valence-corrected chi connectivity index (χ0v) is 24.6. The maximum Gasteiger partial charge on any atom is 0.402 e. The van der Waals surface area contributed by atoms with E-state index in [1.54, 1.807) is 0 Å². The monoisotopic (exact) mass is 665 g/mol. The van der Waals surface area contributed by atoms with Gasteiger partial charge in [0.05, 0.1) is 25.3 Å². The van der Waals surface area contributed by atoms with Crippen LogP contribution < -0.4 is 4.74 Å². The first-order valence-corrected chi connectivity index (χ1v) is 14.2. The molecule has 2 aromatic carbocycles. The molecule has 8 N–H and O–H groups in total. The summed E-state index contributed by atoms with van der Waals surface area (Å²) < 4.78 is 38.5. The van der Waals surface area contributed by atoms with Crippen LogP contribution in [0, 0.1) is 0 Å². The summed E-state index contributed by atoms with van der Waals surface area (Å²) >= 11 is 0. The molecule has 3 aromatic rings. The Morgan fingerprint density at radius 1 is 0.872 bits per heavy atom. The third-order valence-electron chi connectivity index (χ3n) is 7.50. The van der Waals surface area contributed by atoms with Crippen molar-refractivity contribution in [3.05, 3.63) is 42.5 Å². The third-order valence-corrected chi connectivity index (χ3v) is 7.50. The van der Waals surface area contributed by atoms with E-state index in [0.717, 1.165) is 13.2 Å². The van der Waals surface area contributed by atoms with Crippen molar-refractivity contribution in [2.24, 2.45) is 0 Å². The lowest BCUT2D eigenvalue weighted by molar-refractivity contribution is -0.345. The summed E-state index contributed by atoms with van der Waals surface area (Å²) in [6.45, 7) is -1.14. The van der Waals surface area contributed by atoms with E-state index >= 15 is 0 Å². The summed E-state index contributed by atoms with van der Waals surface area (Å²) in [4.78, 5) is 23.6. The quantitative estimate of drug-likeness (QED) is 0.0794. The second-order valence-corrected chi connectivity index (χ2v) is 10.8. The Hall–Kier alpha value is -4.33. The van der Waals surface area contributed by atoms with Gasteiger partial charge >= 0.3 is 23.3 Å². The largest absolute Gasteiger partial charge is 0.508 e. The van der Waals surface area contributed by atoms with Gasteiger partial charge in [0.15, 0.2) is 12.4 Å². The molecule has 3 unspecified atom stereocenters. The van der Waals surface area contributed by atoms with E-state index in [9.17, 15) is 50.4 Å². The summed E-state index contributed by atoms with van der Waals surface area (Å²) in [5.74, 6) is -2.88. The number of aromatic hydroxyl groups is 3.